The number of piperidine rings is 1. The fourth-order valence-electron chi connectivity index (χ4n) is 2.78. The summed E-state index contributed by atoms with van der Waals surface area (Å²) in [5.74, 6) is 0.316. The first-order valence-electron chi connectivity index (χ1n) is 7.27. The van der Waals surface area contributed by atoms with Gasteiger partial charge in [-0.15, -0.1) is 0 Å². The Hall–Kier alpha value is -0.880. The van der Waals surface area contributed by atoms with E-state index in [-0.39, 0.29) is 0 Å². The van der Waals surface area contributed by atoms with Crippen LogP contribution in [0.15, 0.2) is 9.63 Å². The number of hydrogen-bond donors (Lipinski definition) is 1. The van der Waals surface area contributed by atoms with Crippen molar-refractivity contribution in [3.63, 3.8) is 0 Å². The van der Waals surface area contributed by atoms with Crippen LogP contribution in [0.4, 0.5) is 0 Å². The first-order chi connectivity index (χ1) is 9.60. The smallest absolute Gasteiger partial charge is 0.0767 e. The van der Waals surface area contributed by atoms with E-state index in [0.29, 0.717) is 5.92 Å². The topological polar surface area (TPSA) is 53.7 Å². The Labute approximate surface area is 128 Å². The minimum Gasteiger partial charge on any atom is -0.411 e. The summed E-state index contributed by atoms with van der Waals surface area (Å²) in [5, 5.41) is 17.0. The van der Waals surface area contributed by atoms with Gasteiger partial charge in [-0.05, 0) is 29.3 Å². The minimum atomic E-state index is 0.316. The zero-order chi connectivity index (χ0) is 14.7. The van der Waals surface area contributed by atoms with Crippen LogP contribution >= 0.6 is 15.9 Å². The van der Waals surface area contributed by atoms with Gasteiger partial charge in [-0.1, -0.05) is 19.0 Å². The quantitative estimate of drug-likeness (QED) is 0.676. The van der Waals surface area contributed by atoms with Crippen LogP contribution in [0.5, 0.6) is 0 Å². The van der Waals surface area contributed by atoms with Gasteiger partial charge in [0.1, 0.15) is 0 Å². The first kappa shape index (κ1) is 15.5. The zero-order valence-electron chi connectivity index (χ0n) is 12.4. The number of nitrogens with zero attached hydrogens (tertiary/aromatic N) is 4. The first-order valence-corrected chi connectivity index (χ1v) is 8.07. The number of likely N-dealkylation sites (tertiary alicyclic amines) is 1. The highest BCUT2D eigenvalue weighted by atomic mass is 79.9. The Morgan fingerprint density at radius 2 is 2.20 bits per heavy atom. The molecule has 0 bridgehead atoms. The summed E-state index contributed by atoms with van der Waals surface area (Å²) in [5.41, 5.74) is 3.30. The molecule has 112 valence electrons. The van der Waals surface area contributed by atoms with E-state index in [4.69, 9.17) is 5.21 Å². The largest absolute Gasteiger partial charge is 0.411 e. The lowest BCUT2D eigenvalue weighted by Crippen LogP contribution is -2.39. The summed E-state index contributed by atoms with van der Waals surface area (Å²) in [4.78, 5) is 2.41. The lowest BCUT2D eigenvalue weighted by atomic mass is 9.97. The maximum absolute atomic E-state index is 8.95. The molecule has 1 fully saturated rings. The maximum atomic E-state index is 8.95. The van der Waals surface area contributed by atoms with Crippen LogP contribution in [0.25, 0.3) is 0 Å². The standard InChI is InChI=1S/C14H23BrN4O/c1-4-11-14(15)13(19(5-2)16-11)9-18-7-6-12(17-20)10(3)8-18/h10,20H,4-9H2,1-3H3. The number of halogens is 1. The number of hydrogen-bond acceptors (Lipinski definition) is 4. The van der Waals surface area contributed by atoms with Crippen molar-refractivity contribution >= 4 is 21.6 Å². The normalized spacial score (nSPS) is 22.6. The van der Waals surface area contributed by atoms with Crippen molar-refractivity contribution in [3.8, 4) is 0 Å². The van der Waals surface area contributed by atoms with Gasteiger partial charge in [-0.3, -0.25) is 9.58 Å². The molecule has 1 aliphatic rings. The van der Waals surface area contributed by atoms with Gasteiger partial charge in [0, 0.05) is 38.5 Å². The Kier molecular flexibility index (Phi) is 5.21. The molecule has 1 saturated heterocycles. The van der Waals surface area contributed by atoms with E-state index in [1.54, 1.807) is 0 Å². The molecule has 2 heterocycles. The molecule has 0 aliphatic carbocycles. The van der Waals surface area contributed by atoms with Gasteiger partial charge in [-0.25, -0.2) is 0 Å². The molecule has 6 heteroatoms. The number of aryl methyl sites for hydroxylation is 2. The van der Waals surface area contributed by atoms with E-state index in [1.165, 1.54) is 5.69 Å². The SMILES string of the molecule is CCc1nn(CC)c(CN2CCC(=NO)C(C)C2)c1Br. The molecule has 20 heavy (non-hydrogen) atoms. The van der Waals surface area contributed by atoms with Crippen molar-refractivity contribution in [2.45, 2.75) is 46.7 Å². The molecule has 1 aromatic rings. The van der Waals surface area contributed by atoms with Crippen LogP contribution < -0.4 is 0 Å². The Morgan fingerprint density at radius 1 is 1.45 bits per heavy atom. The predicted octanol–water partition coefficient (Wildman–Crippen LogP) is 2.90. The average Bonchev–Trinajstić information content (AvgIpc) is 2.75. The van der Waals surface area contributed by atoms with Crippen molar-refractivity contribution in [2.24, 2.45) is 11.1 Å². The third-order valence-electron chi connectivity index (χ3n) is 3.98. The number of rotatable bonds is 4. The number of aromatic nitrogens is 2. The van der Waals surface area contributed by atoms with E-state index < -0.39 is 0 Å². The second kappa shape index (κ2) is 6.72. The van der Waals surface area contributed by atoms with Crippen LogP contribution in [0.2, 0.25) is 0 Å². The highest BCUT2D eigenvalue weighted by Gasteiger charge is 2.24. The Morgan fingerprint density at radius 3 is 2.75 bits per heavy atom. The summed E-state index contributed by atoms with van der Waals surface area (Å²) < 4.78 is 3.24. The third kappa shape index (κ3) is 3.06. The van der Waals surface area contributed by atoms with Gasteiger partial charge in [0.05, 0.1) is 21.6 Å². The van der Waals surface area contributed by atoms with E-state index in [2.05, 4.69) is 56.5 Å². The van der Waals surface area contributed by atoms with Crippen LogP contribution in [-0.2, 0) is 19.5 Å². The molecule has 0 radical (unpaired) electrons. The zero-order valence-corrected chi connectivity index (χ0v) is 14.0. The molecule has 0 spiro atoms. The van der Waals surface area contributed by atoms with Gasteiger partial charge in [0.25, 0.3) is 0 Å². The molecule has 0 saturated carbocycles. The Bertz CT molecular complexity index is 498. The van der Waals surface area contributed by atoms with Crippen LogP contribution in [0.1, 0.15) is 38.6 Å². The van der Waals surface area contributed by atoms with Crippen molar-refractivity contribution in [3.05, 3.63) is 15.9 Å². The van der Waals surface area contributed by atoms with Gasteiger partial charge < -0.3 is 5.21 Å². The second-order valence-corrected chi connectivity index (χ2v) is 6.15. The highest BCUT2D eigenvalue weighted by molar-refractivity contribution is 9.10. The van der Waals surface area contributed by atoms with E-state index >= 15 is 0 Å². The number of oxime groups is 1. The summed E-state index contributed by atoms with van der Waals surface area (Å²) in [6, 6.07) is 0. The molecule has 0 aromatic carbocycles. The molecule has 1 atom stereocenters. The monoisotopic (exact) mass is 342 g/mol. The third-order valence-corrected chi connectivity index (χ3v) is 4.90. The molecule has 1 aliphatic heterocycles. The van der Waals surface area contributed by atoms with Crippen molar-refractivity contribution < 1.29 is 5.21 Å². The molecule has 1 unspecified atom stereocenters. The molecule has 0 amide bonds. The Balaban J connectivity index is 2.13. The lowest BCUT2D eigenvalue weighted by Gasteiger charge is -2.31. The molecule has 5 nitrogen and oxygen atoms in total. The molecule has 1 N–H and O–H groups in total. The molecule has 2 rings (SSSR count). The van der Waals surface area contributed by atoms with Crippen molar-refractivity contribution in [1.82, 2.24) is 14.7 Å². The minimum absolute atomic E-state index is 0.316. The van der Waals surface area contributed by atoms with E-state index in [0.717, 1.165) is 54.9 Å². The summed E-state index contributed by atoms with van der Waals surface area (Å²) in [6.45, 7) is 10.0. The lowest BCUT2D eigenvalue weighted by molar-refractivity contribution is 0.222. The van der Waals surface area contributed by atoms with Crippen molar-refractivity contribution in [1.29, 1.82) is 0 Å². The fraction of sp³-hybridized carbons (Fsp3) is 0.714. The average molecular weight is 343 g/mol. The van der Waals surface area contributed by atoms with Crippen LogP contribution in [-0.4, -0.2) is 38.7 Å². The van der Waals surface area contributed by atoms with E-state index in [9.17, 15) is 0 Å². The highest BCUT2D eigenvalue weighted by Crippen LogP contribution is 2.25. The predicted molar refractivity (Wildman–Crippen MR) is 83.3 cm³/mol. The van der Waals surface area contributed by atoms with Gasteiger partial charge >= 0.3 is 0 Å². The molecular weight excluding hydrogens is 320 g/mol. The van der Waals surface area contributed by atoms with Gasteiger partial charge in [-0.2, -0.15) is 5.10 Å². The molecule has 1 aromatic heterocycles. The van der Waals surface area contributed by atoms with E-state index in [1.807, 2.05) is 0 Å². The van der Waals surface area contributed by atoms with Crippen LogP contribution in [0.3, 0.4) is 0 Å². The van der Waals surface area contributed by atoms with Crippen molar-refractivity contribution in [2.75, 3.05) is 13.1 Å². The fourth-order valence-corrected chi connectivity index (χ4v) is 3.47. The van der Waals surface area contributed by atoms with Crippen LogP contribution in [0, 0.1) is 5.92 Å². The summed E-state index contributed by atoms with van der Waals surface area (Å²) in [6.07, 6.45) is 1.79. The summed E-state index contributed by atoms with van der Waals surface area (Å²) in [7, 11) is 0. The second-order valence-electron chi connectivity index (χ2n) is 5.35. The van der Waals surface area contributed by atoms with Gasteiger partial charge in [0.2, 0.25) is 0 Å². The van der Waals surface area contributed by atoms with Gasteiger partial charge in [0.15, 0.2) is 0 Å². The maximum Gasteiger partial charge on any atom is 0.0767 e. The molecular formula is C14H23BrN4O. The summed E-state index contributed by atoms with van der Waals surface area (Å²) >= 11 is 3.70.